The van der Waals surface area contributed by atoms with Crippen LogP contribution in [0.25, 0.3) is 0 Å². The molecule has 0 heterocycles. The predicted octanol–water partition coefficient (Wildman–Crippen LogP) is 3.55. The van der Waals surface area contributed by atoms with Crippen molar-refractivity contribution in [3.05, 3.63) is 33.8 Å². The van der Waals surface area contributed by atoms with E-state index in [1.165, 1.54) is 0 Å². The van der Waals surface area contributed by atoms with Gasteiger partial charge in [-0.2, -0.15) is 0 Å². The molecule has 1 rings (SSSR count). The normalized spacial score (nSPS) is 12.7. The summed E-state index contributed by atoms with van der Waals surface area (Å²) >= 11 is 12.3. The van der Waals surface area contributed by atoms with Crippen molar-refractivity contribution in [2.45, 2.75) is 25.8 Å². The van der Waals surface area contributed by atoms with Crippen LogP contribution in [0.2, 0.25) is 10.0 Å². The highest BCUT2D eigenvalue weighted by Crippen LogP contribution is 2.25. The monoisotopic (exact) mass is 275 g/mol. The Labute approximate surface area is 113 Å². The molecule has 1 unspecified atom stereocenters. The van der Waals surface area contributed by atoms with E-state index < -0.39 is 0 Å². The van der Waals surface area contributed by atoms with Crippen LogP contribution in [-0.4, -0.2) is 26.3 Å². The standard InChI is InChI=1S/C13H19Cl2NO/c1-3-16-10(9-17-2)7-8-11-12(14)5-4-6-13(11)15/h4-6,10,16H,3,7-9H2,1-2H3. The van der Waals surface area contributed by atoms with Crippen LogP contribution >= 0.6 is 23.2 Å². The fourth-order valence-electron chi connectivity index (χ4n) is 1.82. The van der Waals surface area contributed by atoms with Gasteiger partial charge < -0.3 is 10.1 Å². The lowest BCUT2D eigenvalue weighted by molar-refractivity contribution is 0.163. The summed E-state index contributed by atoms with van der Waals surface area (Å²) in [6, 6.07) is 5.96. The number of halogens is 2. The number of hydrogen-bond donors (Lipinski definition) is 1. The Balaban J connectivity index is 2.58. The molecule has 0 bridgehead atoms. The first-order valence-electron chi connectivity index (χ1n) is 5.84. The Kier molecular flexibility index (Phi) is 6.90. The predicted molar refractivity (Wildman–Crippen MR) is 74.1 cm³/mol. The van der Waals surface area contributed by atoms with Crippen LogP contribution in [0.4, 0.5) is 0 Å². The molecule has 0 aliphatic carbocycles. The lowest BCUT2D eigenvalue weighted by Gasteiger charge is -2.17. The van der Waals surface area contributed by atoms with Gasteiger partial charge in [0, 0.05) is 23.2 Å². The molecule has 0 aromatic heterocycles. The fourth-order valence-corrected chi connectivity index (χ4v) is 2.41. The zero-order valence-corrected chi connectivity index (χ0v) is 11.8. The van der Waals surface area contributed by atoms with Crippen molar-refractivity contribution < 1.29 is 4.74 Å². The van der Waals surface area contributed by atoms with Crippen molar-refractivity contribution in [3.8, 4) is 0 Å². The third-order valence-corrected chi connectivity index (χ3v) is 3.37. The van der Waals surface area contributed by atoms with Gasteiger partial charge in [-0.25, -0.2) is 0 Å². The molecule has 0 saturated carbocycles. The Hall–Kier alpha value is -0.280. The molecule has 1 N–H and O–H groups in total. The smallest absolute Gasteiger partial charge is 0.0615 e. The van der Waals surface area contributed by atoms with E-state index in [9.17, 15) is 0 Å². The lowest BCUT2D eigenvalue weighted by Crippen LogP contribution is -2.33. The van der Waals surface area contributed by atoms with Gasteiger partial charge in [-0.3, -0.25) is 0 Å². The van der Waals surface area contributed by atoms with Crippen LogP contribution in [0.5, 0.6) is 0 Å². The van der Waals surface area contributed by atoms with Gasteiger partial charge in [0.15, 0.2) is 0 Å². The molecule has 96 valence electrons. The maximum absolute atomic E-state index is 6.13. The van der Waals surface area contributed by atoms with Gasteiger partial charge in [0.25, 0.3) is 0 Å². The molecule has 0 aliphatic rings. The number of nitrogens with one attached hydrogen (secondary N) is 1. The number of benzene rings is 1. The Bertz CT molecular complexity index is 318. The Morgan fingerprint density at radius 3 is 2.47 bits per heavy atom. The van der Waals surface area contributed by atoms with Gasteiger partial charge in [-0.15, -0.1) is 0 Å². The van der Waals surface area contributed by atoms with Gasteiger partial charge in [-0.05, 0) is 37.1 Å². The molecule has 1 aromatic rings. The average Bonchev–Trinajstić information content (AvgIpc) is 2.29. The summed E-state index contributed by atoms with van der Waals surface area (Å²) < 4.78 is 5.18. The second kappa shape index (κ2) is 7.93. The highest BCUT2D eigenvalue weighted by Gasteiger charge is 2.10. The van der Waals surface area contributed by atoms with Gasteiger partial charge in [0.2, 0.25) is 0 Å². The molecule has 2 nitrogen and oxygen atoms in total. The highest BCUT2D eigenvalue weighted by molar-refractivity contribution is 6.35. The van der Waals surface area contributed by atoms with Crippen LogP contribution in [-0.2, 0) is 11.2 Å². The molecular formula is C13H19Cl2NO. The highest BCUT2D eigenvalue weighted by atomic mass is 35.5. The van der Waals surface area contributed by atoms with Crippen LogP contribution in [0, 0.1) is 0 Å². The molecule has 17 heavy (non-hydrogen) atoms. The molecule has 0 saturated heterocycles. The summed E-state index contributed by atoms with van der Waals surface area (Å²) in [5, 5.41) is 4.86. The Morgan fingerprint density at radius 2 is 1.94 bits per heavy atom. The molecular weight excluding hydrogens is 257 g/mol. The maximum atomic E-state index is 6.13. The molecule has 0 amide bonds. The first-order valence-corrected chi connectivity index (χ1v) is 6.59. The number of rotatable bonds is 7. The van der Waals surface area contributed by atoms with E-state index in [1.807, 2.05) is 18.2 Å². The molecule has 4 heteroatoms. The van der Waals surface area contributed by atoms with E-state index in [4.69, 9.17) is 27.9 Å². The SMILES string of the molecule is CCNC(CCc1c(Cl)cccc1Cl)COC. The first-order chi connectivity index (χ1) is 8.19. The number of methoxy groups -OCH3 is 1. The number of likely N-dealkylation sites (N-methyl/N-ethyl adjacent to an activating group) is 1. The maximum Gasteiger partial charge on any atom is 0.0615 e. The van der Waals surface area contributed by atoms with Crippen LogP contribution < -0.4 is 5.32 Å². The van der Waals surface area contributed by atoms with Crippen molar-refractivity contribution in [3.63, 3.8) is 0 Å². The summed E-state index contributed by atoms with van der Waals surface area (Å²) in [7, 11) is 1.72. The van der Waals surface area contributed by atoms with Gasteiger partial charge in [0.1, 0.15) is 0 Å². The molecule has 1 atom stereocenters. The topological polar surface area (TPSA) is 21.3 Å². The van der Waals surface area contributed by atoms with Crippen molar-refractivity contribution in [2.24, 2.45) is 0 Å². The number of ether oxygens (including phenoxy) is 1. The average molecular weight is 276 g/mol. The number of hydrogen-bond acceptors (Lipinski definition) is 2. The Morgan fingerprint density at radius 1 is 1.29 bits per heavy atom. The van der Waals surface area contributed by atoms with Crippen LogP contribution in [0.1, 0.15) is 18.9 Å². The van der Waals surface area contributed by atoms with Crippen molar-refractivity contribution in [1.82, 2.24) is 5.32 Å². The third kappa shape index (κ3) is 4.84. The quantitative estimate of drug-likeness (QED) is 0.822. The van der Waals surface area contributed by atoms with E-state index in [0.29, 0.717) is 12.6 Å². The fraction of sp³-hybridized carbons (Fsp3) is 0.538. The van der Waals surface area contributed by atoms with E-state index >= 15 is 0 Å². The molecule has 0 fully saturated rings. The second-order valence-corrected chi connectivity index (χ2v) is 4.76. The van der Waals surface area contributed by atoms with E-state index in [0.717, 1.165) is 35.0 Å². The van der Waals surface area contributed by atoms with E-state index in [1.54, 1.807) is 7.11 Å². The summed E-state index contributed by atoms with van der Waals surface area (Å²) in [6.45, 7) is 3.73. The van der Waals surface area contributed by atoms with Crippen molar-refractivity contribution in [1.29, 1.82) is 0 Å². The van der Waals surface area contributed by atoms with Crippen LogP contribution in [0.3, 0.4) is 0 Å². The summed E-state index contributed by atoms with van der Waals surface area (Å²) in [5.74, 6) is 0. The van der Waals surface area contributed by atoms with Gasteiger partial charge in [-0.1, -0.05) is 36.2 Å². The molecule has 0 spiro atoms. The van der Waals surface area contributed by atoms with E-state index in [-0.39, 0.29) is 0 Å². The lowest BCUT2D eigenvalue weighted by atomic mass is 10.1. The first kappa shape index (κ1) is 14.8. The molecule has 0 aliphatic heterocycles. The minimum Gasteiger partial charge on any atom is -0.383 e. The molecule has 1 aromatic carbocycles. The second-order valence-electron chi connectivity index (χ2n) is 3.95. The molecule has 0 radical (unpaired) electrons. The van der Waals surface area contributed by atoms with E-state index in [2.05, 4.69) is 12.2 Å². The zero-order valence-electron chi connectivity index (χ0n) is 10.3. The van der Waals surface area contributed by atoms with Crippen molar-refractivity contribution in [2.75, 3.05) is 20.3 Å². The zero-order chi connectivity index (χ0) is 12.7. The summed E-state index contributed by atoms with van der Waals surface area (Å²) in [4.78, 5) is 0. The minimum atomic E-state index is 0.345. The summed E-state index contributed by atoms with van der Waals surface area (Å²) in [5.41, 5.74) is 1.02. The minimum absolute atomic E-state index is 0.345. The van der Waals surface area contributed by atoms with Crippen molar-refractivity contribution >= 4 is 23.2 Å². The van der Waals surface area contributed by atoms with Crippen LogP contribution in [0.15, 0.2) is 18.2 Å². The van der Waals surface area contributed by atoms with Gasteiger partial charge in [0.05, 0.1) is 6.61 Å². The summed E-state index contributed by atoms with van der Waals surface area (Å²) in [6.07, 6.45) is 1.82. The van der Waals surface area contributed by atoms with Gasteiger partial charge >= 0.3 is 0 Å². The largest absolute Gasteiger partial charge is 0.383 e. The third-order valence-electron chi connectivity index (χ3n) is 2.67.